The van der Waals surface area contributed by atoms with Crippen LogP contribution in [-0.2, 0) is 14.3 Å². The van der Waals surface area contributed by atoms with Crippen molar-refractivity contribution in [2.24, 2.45) is 17.8 Å². The average molecular weight is 463 g/mol. The van der Waals surface area contributed by atoms with Gasteiger partial charge in [0.05, 0.1) is 6.42 Å². The van der Waals surface area contributed by atoms with Crippen molar-refractivity contribution in [3.05, 3.63) is 59.7 Å². The van der Waals surface area contributed by atoms with Crippen molar-refractivity contribution < 1.29 is 24.2 Å². The third-order valence-electron chi connectivity index (χ3n) is 7.56. The number of nitrogens with one attached hydrogen (secondary N) is 1. The van der Waals surface area contributed by atoms with E-state index in [9.17, 15) is 19.5 Å². The van der Waals surface area contributed by atoms with Crippen molar-refractivity contribution in [1.29, 1.82) is 0 Å². The van der Waals surface area contributed by atoms with Gasteiger partial charge in [0.15, 0.2) is 0 Å². The van der Waals surface area contributed by atoms with Gasteiger partial charge < -0.3 is 20.1 Å². The van der Waals surface area contributed by atoms with Gasteiger partial charge in [0.2, 0.25) is 5.91 Å². The summed E-state index contributed by atoms with van der Waals surface area (Å²) in [7, 11) is 1.68. The molecule has 2 aromatic rings. The minimum atomic E-state index is -1.16. The van der Waals surface area contributed by atoms with E-state index in [-0.39, 0.29) is 12.5 Å². The maximum absolute atomic E-state index is 13.0. The molecule has 0 bridgehead atoms. The number of amides is 2. The molecule has 2 aromatic carbocycles. The number of carboxylic acids is 1. The van der Waals surface area contributed by atoms with Gasteiger partial charge in [-0.1, -0.05) is 48.5 Å². The second-order valence-electron chi connectivity index (χ2n) is 9.93. The Labute approximate surface area is 199 Å². The molecule has 178 valence electrons. The number of carbonyl (C=O) groups is 3. The molecule has 2 N–H and O–H groups in total. The number of benzene rings is 2. The molecule has 3 aliphatic carbocycles. The lowest BCUT2D eigenvalue weighted by molar-refractivity contribution is -0.142. The molecule has 0 aromatic heterocycles. The Hall–Kier alpha value is -3.35. The van der Waals surface area contributed by atoms with E-state index in [1.165, 1.54) is 6.42 Å². The molecule has 0 aliphatic heterocycles. The van der Waals surface area contributed by atoms with Crippen LogP contribution in [0.2, 0.25) is 0 Å². The number of alkyl carbamates (subject to hydrolysis) is 1. The first-order valence-corrected chi connectivity index (χ1v) is 12.0. The Morgan fingerprint density at radius 3 is 2.18 bits per heavy atom. The zero-order valence-corrected chi connectivity index (χ0v) is 19.3. The highest BCUT2D eigenvalue weighted by atomic mass is 16.5. The molecular formula is C27H30N2O5. The number of hydrogen-bond acceptors (Lipinski definition) is 4. The number of hydrogen-bond donors (Lipinski definition) is 2. The molecular weight excluding hydrogens is 432 g/mol. The molecule has 2 amide bonds. The highest BCUT2D eigenvalue weighted by Crippen LogP contribution is 2.54. The van der Waals surface area contributed by atoms with Crippen LogP contribution >= 0.6 is 0 Å². The van der Waals surface area contributed by atoms with Crippen LogP contribution in [0.5, 0.6) is 0 Å². The van der Waals surface area contributed by atoms with Crippen LogP contribution in [0.4, 0.5) is 4.79 Å². The van der Waals surface area contributed by atoms with Crippen LogP contribution in [0, 0.1) is 17.8 Å². The Morgan fingerprint density at radius 2 is 1.59 bits per heavy atom. The largest absolute Gasteiger partial charge is 0.481 e. The summed E-state index contributed by atoms with van der Waals surface area (Å²) in [5, 5.41) is 11.8. The number of aliphatic carboxylic acids is 1. The fourth-order valence-corrected chi connectivity index (χ4v) is 5.89. The van der Waals surface area contributed by atoms with Crippen molar-refractivity contribution in [1.82, 2.24) is 10.2 Å². The Balaban J connectivity index is 1.21. The van der Waals surface area contributed by atoms with Crippen molar-refractivity contribution in [3.63, 3.8) is 0 Å². The summed E-state index contributed by atoms with van der Waals surface area (Å²) in [6, 6.07) is 14.9. The zero-order chi connectivity index (χ0) is 23.8. The van der Waals surface area contributed by atoms with Crippen molar-refractivity contribution in [3.8, 4) is 11.1 Å². The monoisotopic (exact) mass is 462 g/mol. The summed E-state index contributed by atoms with van der Waals surface area (Å²) >= 11 is 0. The molecule has 7 heteroatoms. The van der Waals surface area contributed by atoms with Gasteiger partial charge >= 0.3 is 12.1 Å². The Morgan fingerprint density at radius 1 is 1.00 bits per heavy atom. The molecule has 0 saturated heterocycles. The fraction of sp³-hybridized carbons (Fsp3) is 0.444. The van der Waals surface area contributed by atoms with Crippen LogP contribution in [0.15, 0.2) is 48.5 Å². The van der Waals surface area contributed by atoms with E-state index >= 15 is 0 Å². The summed E-state index contributed by atoms with van der Waals surface area (Å²) in [4.78, 5) is 38.6. The van der Waals surface area contributed by atoms with Gasteiger partial charge in [0.1, 0.15) is 12.6 Å². The lowest BCUT2D eigenvalue weighted by Gasteiger charge is -2.26. The molecule has 0 spiro atoms. The molecule has 0 radical (unpaired) electrons. The number of fused-ring (bicyclic) bond motifs is 4. The molecule has 3 atom stereocenters. The highest BCUT2D eigenvalue weighted by Gasteiger charge is 2.46. The first-order chi connectivity index (χ1) is 16.4. The van der Waals surface area contributed by atoms with Gasteiger partial charge in [0.25, 0.3) is 0 Å². The zero-order valence-electron chi connectivity index (χ0n) is 19.3. The van der Waals surface area contributed by atoms with Crippen LogP contribution in [0.25, 0.3) is 11.1 Å². The third kappa shape index (κ3) is 4.52. The Kier molecular flexibility index (Phi) is 6.02. The molecule has 3 aliphatic rings. The van der Waals surface area contributed by atoms with E-state index in [1.807, 2.05) is 36.4 Å². The van der Waals surface area contributed by atoms with Gasteiger partial charge in [-0.15, -0.1) is 0 Å². The maximum Gasteiger partial charge on any atom is 0.407 e. The van der Waals surface area contributed by atoms with Crippen molar-refractivity contribution >= 4 is 18.0 Å². The quantitative estimate of drug-likeness (QED) is 0.621. The number of ether oxygens (including phenoxy) is 1. The van der Waals surface area contributed by atoms with E-state index in [0.717, 1.165) is 46.9 Å². The van der Waals surface area contributed by atoms with Crippen LogP contribution < -0.4 is 5.32 Å². The average Bonchev–Trinajstić information content (AvgIpc) is 3.30. The molecule has 0 heterocycles. The van der Waals surface area contributed by atoms with Gasteiger partial charge in [0, 0.05) is 19.5 Å². The predicted octanol–water partition coefficient (Wildman–Crippen LogP) is 3.87. The maximum atomic E-state index is 13.0. The van der Waals surface area contributed by atoms with Crippen LogP contribution in [0.3, 0.4) is 0 Å². The molecule has 2 saturated carbocycles. The van der Waals surface area contributed by atoms with E-state index in [0.29, 0.717) is 12.5 Å². The summed E-state index contributed by atoms with van der Waals surface area (Å²) in [5.41, 5.74) is 4.42. The van der Waals surface area contributed by atoms with E-state index < -0.39 is 30.4 Å². The molecule has 7 nitrogen and oxygen atoms in total. The standard InChI is InChI=1S/C27H30N2O5/c1-29(14-16-10-17-12-18(17)11-16)26(32)24(13-25(30)31)28-27(33)34-15-23-21-8-4-2-6-19(21)20-7-3-5-9-22(20)23/h2-9,16-18,23-24H,10-15H2,1H3,(H,28,33)(H,30,31). The first-order valence-electron chi connectivity index (χ1n) is 12.0. The van der Waals surface area contributed by atoms with E-state index in [1.54, 1.807) is 11.9 Å². The lowest BCUT2D eigenvalue weighted by Crippen LogP contribution is -2.49. The lowest BCUT2D eigenvalue weighted by atomic mass is 9.98. The minimum Gasteiger partial charge on any atom is -0.481 e. The second kappa shape index (κ2) is 9.12. The van der Waals surface area contributed by atoms with Gasteiger partial charge in [-0.25, -0.2) is 4.79 Å². The molecule has 5 rings (SSSR count). The summed E-state index contributed by atoms with van der Waals surface area (Å²) in [6.07, 6.45) is 2.30. The van der Waals surface area contributed by atoms with Crippen LogP contribution in [0.1, 0.15) is 42.7 Å². The Bertz CT molecular complexity index is 1060. The van der Waals surface area contributed by atoms with Crippen LogP contribution in [-0.4, -0.2) is 54.2 Å². The number of carboxylic acid groups (broad SMARTS) is 1. The van der Waals surface area contributed by atoms with Gasteiger partial charge in [-0.2, -0.15) is 0 Å². The first kappa shape index (κ1) is 22.4. The predicted molar refractivity (Wildman–Crippen MR) is 126 cm³/mol. The summed E-state index contributed by atoms with van der Waals surface area (Å²) < 4.78 is 5.52. The minimum absolute atomic E-state index is 0.106. The van der Waals surface area contributed by atoms with Crippen molar-refractivity contribution in [2.45, 2.75) is 37.6 Å². The second-order valence-corrected chi connectivity index (χ2v) is 9.93. The van der Waals surface area contributed by atoms with E-state index in [2.05, 4.69) is 17.4 Å². The molecule has 34 heavy (non-hydrogen) atoms. The number of likely N-dealkylation sites (N-methyl/N-ethyl adjacent to an activating group) is 1. The SMILES string of the molecule is CN(CC1CC2CC2C1)C(=O)C(CC(=O)O)NC(=O)OCC1c2ccccc2-c2ccccc21. The van der Waals surface area contributed by atoms with Gasteiger partial charge in [-0.3, -0.25) is 9.59 Å². The smallest absolute Gasteiger partial charge is 0.407 e. The number of rotatable bonds is 8. The third-order valence-corrected chi connectivity index (χ3v) is 7.56. The normalized spacial score (nSPS) is 22.8. The summed E-state index contributed by atoms with van der Waals surface area (Å²) in [5.74, 6) is 0.426. The molecule has 2 fully saturated rings. The fourth-order valence-electron chi connectivity index (χ4n) is 5.89. The number of nitrogens with zero attached hydrogens (tertiary/aromatic N) is 1. The molecule has 3 unspecified atom stereocenters. The van der Waals surface area contributed by atoms with E-state index in [4.69, 9.17) is 4.74 Å². The number of carbonyl (C=O) groups excluding carboxylic acids is 2. The summed E-state index contributed by atoms with van der Waals surface area (Å²) in [6.45, 7) is 0.697. The topological polar surface area (TPSA) is 95.9 Å². The van der Waals surface area contributed by atoms with Crippen molar-refractivity contribution in [2.75, 3.05) is 20.2 Å². The highest BCUT2D eigenvalue weighted by molar-refractivity contribution is 5.89. The van der Waals surface area contributed by atoms with Gasteiger partial charge in [-0.05, 0) is 59.3 Å².